The molecule has 15 aromatic carbocycles. The molecule has 0 atom stereocenters. The van der Waals surface area contributed by atoms with Gasteiger partial charge in [-0.15, -0.1) is 0 Å². The zero-order valence-electron chi connectivity index (χ0n) is 83.0. The molecule has 0 radical (unpaired) electrons. The monoisotopic (exact) mass is 1420 g/mol. The quantitative estimate of drug-likeness (QED) is 0.142. The molecule has 0 amide bonds. The minimum Gasteiger partial charge on any atom is -0.455 e. The van der Waals surface area contributed by atoms with Gasteiger partial charge in [0.2, 0.25) is 0 Å². The van der Waals surface area contributed by atoms with Gasteiger partial charge in [-0.25, -0.2) is 0 Å². The number of aromatic nitrogens is 2. The SMILES string of the molecule is [2H]c1c([2H])c(-n2c3c([2H])c([2H])c([2H])c([2H])c3c3c([2H])c([2H])c([2H])c([2H])c32)c([2H])c2c1B1c3c(cc(C(C)(C)C)cc3N(c3c(-c4ccccc4)cc(C(C)(C)C)cc3-c3cccc4c3oc3ccccc34)c3c([2H])c(-n4c5c([2H])c([2H])c([2H])c([2H])c5c5c([2H])c([2H])c([2H])c([2H])c54)c([2H])c([2H])c31)N2c1c(-c2ccccc2)cc(C(C)(C)C)cc1-c1cccc2c1oc1ccccc12. The molecule has 0 unspecified atom stereocenters. The highest BCUT2D eigenvalue weighted by atomic mass is 16.3. The fraction of sp³-hybridized carbons (Fsp3) is 0.118. The Morgan fingerprint density at radius 3 is 1.03 bits per heavy atom. The van der Waals surface area contributed by atoms with E-state index in [-0.39, 0.29) is 60.7 Å². The first-order valence-corrected chi connectivity index (χ1v) is 36.5. The number of para-hydroxylation sites is 8. The highest BCUT2D eigenvalue weighted by Crippen LogP contribution is 2.57. The summed E-state index contributed by atoms with van der Waals surface area (Å²) in [6, 6.07) is 42.3. The van der Waals surface area contributed by atoms with Gasteiger partial charge in [-0.3, -0.25) is 0 Å². The number of fused-ring (bicyclic) bond motifs is 16. The molecule has 0 fully saturated rings. The van der Waals surface area contributed by atoms with E-state index in [1.54, 1.807) is 0 Å². The van der Waals surface area contributed by atoms with Crippen LogP contribution in [0.4, 0.5) is 34.1 Å². The van der Waals surface area contributed by atoms with E-state index in [2.05, 4.69) is 65.8 Å². The lowest BCUT2D eigenvalue weighted by atomic mass is 9.33. The van der Waals surface area contributed by atoms with E-state index >= 15 is 0 Å². The Hall–Kier alpha value is -12.8. The van der Waals surface area contributed by atoms with Gasteiger partial charge in [-0.1, -0.05) is 280 Å². The van der Waals surface area contributed by atoms with Crippen LogP contribution in [0.2, 0.25) is 0 Å². The molecule has 0 spiro atoms. The molecular weight excluding hydrogens is 1320 g/mol. The molecule has 19 aromatic rings. The molecule has 21 rings (SSSR count). The second-order valence-electron chi connectivity index (χ2n) is 31.5. The highest BCUT2D eigenvalue weighted by Gasteiger charge is 2.47. The third-order valence-corrected chi connectivity index (χ3v) is 21.9. The maximum absolute atomic E-state index is 12.0. The summed E-state index contributed by atoms with van der Waals surface area (Å²) < 4.78 is 239. The fourth-order valence-corrected chi connectivity index (χ4v) is 16.6. The van der Waals surface area contributed by atoms with Crippen LogP contribution in [0.5, 0.6) is 0 Å². The number of hydrogen-bond donors (Lipinski definition) is 0. The van der Waals surface area contributed by atoms with Crippen molar-refractivity contribution in [2.24, 2.45) is 0 Å². The molecule has 7 heteroatoms. The summed E-state index contributed by atoms with van der Waals surface area (Å²) in [5.74, 6) is 0. The smallest absolute Gasteiger partial charge is 0.252 e. The molecule has 6 heterocycles. The van der Waals surface area contributed by atoms with Crippen molar-refractivity contribution in [3.8, 4) is 55.9 Å². The summed E-state index contributed by atoms with van der Waals surface area (Å²) in [5.41, 5.74) is 4.13. The van der Waals surface area contributed by atoms with Crippen molar-refractivity contribution in [1.29, 1.82) is 0 Å². The molecule has 6 nitrogen and oxygen atoms in total. The number of nitrogens with zero attached hydrogens (tertiary/aromatic N) is 4. The van der Waals surface area contributed by atoms with Gasteiger partial charge >= 0.3 is 0 Å². The largest absolute Gasteiger partial charge is 0.455 e. The molecule has 0 aliphatic carbocycles. The van der Waals surface area contributed by atoms with Crippen molar-refractivity contribution >= 4 is 145 Å². The van der Waals surface area contributed by atoms with Crippen molar-refractivity contribution in [3.63, 3.8) is 0 Å². The standard InChI is InChI=1S/C102H79BN4O2/c1-100(2,3)64-54-79(62-30-12-10-13-31-62)96(81(56-64)77-42-28-40-75-73-38-20-26-48-93(73)108-98(75)77)106-89-60-67(104-85-44-22-16-34-69(85)70-35-17-23-45-86(70)104)50-52-83(89)103-84-53-51-68(105-87-46-24-18-36-71(87)72-37-19-25-47-88(72)105)61-90(84)107(92-59-66(102(7,8)9)58-91(106)95(92)103)97-80(63-32-14-11-15-33-63)55-65(101(4,5)6)57-82(97)78-43-29-41-76-74-39-21-27-49-94(74)109-99(76)78/h10-61H,1-9H3/i16D,17D,18D,19D,22D,23D,24D,25D,34D,35D,36D,37D,44D,45D,46D,47D,50D,51D,52D,53D,60D,61D. The van der Waals surface area contributed by atoms with E-state index in [1.807, 2.05) is 188 Å². The molecule has 109 heavy (non-hydrogen) atoms. The summed E-state index contributed by atoms with van der Waals surface area (Å²) >= 11 is 0. The van der Waals surface area contributed by atoms with Crippen LogP contribution in [0.3, 0.4) is 0 Å². The van der Waals surface area contributed by atoms with Crippen LogP contribution >= 0.6 is 0 Å². The maximum atomic E-state index is 12.0. The first kappa shape index (κ1) is 45.6. The third-order valence-electron chi connectivity index (χ3n) is 21.9. The number of anilines is 6. The Balaban J connectivity index is 1.05. The average Bonchev–Trinajstić information content (AvgIpc) is 1.53. The van der Waals surface area contributed by atoms with Crippen LogP contribution in [0.15, 0.2) is 324 Å². The van der Waals surface area contributed by atoms with Crippen molar-refractivity contribution in [3.05, 3.63) is 332 Å². The second kappa shape index (κ2) is 23.8. The minimum atomic E-state index is -1.72. The Bertz CT molecular complexity index is 7780. The topological polar surface area (TPSA) is 42.6 Å². The van der Waals surface area contributed by atoms with E-state index in [4.69, 9.17) is 8.83 Å². The summed E-state index contributed by atoms with van der Waals surface area (Å²) in [6.07, 6.45) is 0. The Kier molecular flexibility index (Phi) is 9.98. The van der Waals surface area contributed by atoms with Gasteiger partial charge in [0.25, 0.3) is 6.71 Å². The van der Waals surface area contributed by atoms with Gasteiger partial charge < -0.3 is 27.8 Å². The molecule has 2 aliphatic rings. The first-order valence-electron chi connectivity index (χ1n) is 47.5. The third kappa shape index (κ3) is 9.88. The molecule has 0 N–H and O–H groups in total. The second-order valence-corrected chi connectivity index (χ2v) is 31.5. The highest BCUT2D eigenvalue weighted by molar-refractivity contribution is 7.00. The van der Waals surface area contributed by atoms with Crippen molar-refractivity contribution in [2.75, 3.05) is 9.80 Å². The molecule has 0 saturated carbocycles. The normalized spacial score (nSPS) is 16.0. The Morgan fingerprint density at radius 1 is 0.303 bits per heavy atom. The maximum Gasteiger partial charge on any atom is 0.252 e. The van der Waals surface area contributed by atoms with Crippen LogP contribution in [0.1, 0.15) is 109 Å². The zero-order valence-corrected chi connectivity index (χ0v) is 61.0. The van der Waals surface area contributed by atoms with Gasteiger partial charge in [0.05, 0.1) is 63.6 Å². The molecule has 2 aliphatic heterocycles. The zero-order chi connectivity index (χ0) is 92.7. The molecule has 4 aromatic heterocycles. The predicted octanol–water partition coefficient (Wildman–Crippen LogP) is 26.3. The lowest BCUT2D eigenvalue weighted by Crippen LogP contribution is -2.61. The number of benzene rings is 15. The van der Waals surface area contributed by atoms with E-state index < -0.39 is 189 Å². The van der Waals surface area contributed by atoms with Crippen molar-refractivity contribution in [2.45, 2.75) is 78.6 Å². The lowest BCUT2D eigenvalue weighted by molar-refractivity contribution is 0.590. The molecular formula is C102H79BN4O2. The number of rotatable bonds is 8. The van der Waals surface area contributed by atoms with Crippen LogP contribution in [0, 0.1) is 0 Å². The first-order chi connectivity index (χ1) is 62.2. The van der Waals surface area contributed by atoms with Gasteiger partial charge in [-0.05, 0) is 157 Å². The summed E-state index contributed by atoms with van der Waals surface area (Å²) in [5, 5.41) is 1.59. The van der Waals surface area contributed by atoms with E-state index in [9.17, 15) is 30.2 Å². The summed E-state index contributed by atoms with van der Waals surface area (Å²) in [6.45, 7) is 16.9. The van der Waals surface area contributed by atoms with Crippen LogP contribution in [-0.4, -0.2) is 15.8 Å². The van der Waals surface area contributed by atoms with Crippen LogP contribution in [-0.2, 0) is 16.2 Å². The van der Waals surface area contributed by atoms with E-state index in [0.29, 0.717) is 83.8 Å². The number of furan rings is 2. The van der Waals surface area contributed by atoms with Gasteiger partial charge in [0.1, 0.15) is 22.3 Å². The minimum absolute atomic E-state index is 0.197. The van der Waals surface area contributed by atoms with Gasteiger partial charge in [-0.2, -0.15) is 0 Å². The average molecular weight is 1430 g/mol. The Labute approximate surface area is 666 Å². The van der Waals surface area contributed by atoms with E-state index in [0.717, 1.165) is 41.8 Å². The van der Waals surface area contributed by atoms with Gasteiger partial charge in [0, 0.05) is 111 Å². The summed E-state index contributed by atoms with van der Waals surface area (Å²) in [7, 11) is 0. The summed E-state index contributed by atoms with van der Waals surface area (Å²) in [4.78, 5) is 3.76. The lowest BCUT2D eigenvalue weighted by Gasteiger charge is -2.47. The molecule has 0 bridgehead atoms. The van der Waals surface area contributed by atoms with Crippen molar-refractivity contribution < 1.29 is 39.0 Å². The van der Waals surface area contributed by atoms with Gasteiger partial charge in [0.15, 0.2) is 0 Å². The van der Waals surface area contributed by atoms with Crippen LogP contribution < -0.4 is 26.2 Å². The van der Waals surface area contributed by atoms with E-state index in [1.165, 1.54) is 0 Å². The van der Waals surface area contributed by atoms with Crippen molar-refractivity contribution in [1.82, 2.24) is 9.13 Å². The molecule has 0 saturated heterocycles. The fourth-order valence-electron chi connectivity index (χ4n) is 16.6. The van der Waals surface area contributed by atoms with Crippen LogP contribution in [0.25, 0.3) is 143 Å². The Morgan fingerprint density at radius 2 is 0.642 bits per heavy atom. The number of hydrogen-bond acceptors (Lipinski definition) is 4. The molecule has 522 valence electrons. The predicted molar refractivity (Wildman–Crippen MR) is 462 cm³/mol.